The predicted molar refractivity (Wildman–Crippen MR) is 158 cm³/mol. The van der Waals surface area contributed by atoms with E-state index in [1.54, 1.807) is 6.92 Å². The maximum Gasteiger partial charge on any atom is 0.333 e. The Bertz CT molecular complexity index is 955. The van der Waals surface area contributed by atoms with E-state index >= 15 is 0 Å². The molecule has 5 rings (SSSR count). The lowest BCUT2D eigenvalue weighted by Gasteiger charge is -2.74. The molecule has 3 heteroatoms. The Labute approximate surface area is 233 Å². The Morgan fingerprint density at radius 3 is 2.19 bits per heavy atom. The monoisotopic (exact) mass is 528 g/mol. The van der Waals surface area contributed by atoms with E-state index in [4.69, 9.17) is 17.4 Å². The van der Waals surface area contributed by atoms with Gasteiger partial charge in [0, 0.05) is 16.2 Å². The van der Waals surface area contributed by atoms with Crippen LogP contribution in [-0.2, 0) is 9.53 Å². The van der Waals surface area contributed by atoms with E-state index in [9.17, 15) is 4.79 Å². The molecule has 0 spiro atoms. The summed E-state index contributed by atoms with van der Waals surface area (Å²) in [4.78, 5) is 13.0. The number of thiol groups is 1. The van der Waals surface area contributed by atoms with E-state index in [1.807, 2.05) is 0 Å². The standard InChI is InChI=1S/C34H56O2S/c1-20(2)29(35)36-28-24(37)19-30(5,6)25-14-16-33(9)26(34(25,28)10)12-11-23-27-22(4)21(3)13-15-31(27,7)17-18-32(23,33)8/h21-28,37H,1,11-19H2,2-10H3/t21-,22+,23-,24?,25+,26+,27+,28?,31-,32-,33-,34+/m1/s1. The molecule has 0 aromatic carbocycles. The molecule has 5 aliphatic carbocycles. The summed E-state index contributed by atoms with van der Waals surface area (Å²) in [5.41, 5.74) is 1.76. The highest BCUT2D eigenvalue weighted by molar-refractivity contribution is 7.81. The largest absolute Gasteiger partial charge is 0.457 e. The molecule has 2 nitrogen and oxygen atoms in total. The molecule has 0 N–H and O–H groups in total. The summed E-state index contributed by atoms with van der Waals surface area (Å²) in [5.74, 6) is 4.18. The second kappa shape index (κ2) is 8.78. The smallest absolute Gasteiger partial charge is 0.333 e. The lowest BCUT2D eigenvalue weighted by atomic mass is 9.31. The number of ether oxygens (including phenoxy) is 1. The maximum absolute atomic E-state index is 13.0. The third-order valence-electron chi connectivity index (χ3n) is 14.4. The average Bonchev–Trinajstić information content (AvgIpc) is 2.79. The number of hydrogen-bond donors (Lipinski definition) is 1. The summed E-state index contributed by atoms with van der Waals surface area (Å²) in [7, 11) is 0. The lowest BCUT2D eigenvalue weighted by Crippen LogP contribution is -2.70. The van der Waals surface area contributed by atoms with Gasteiger partial charge in [0.05, 0.1) is 0 Å². The van der Waals surface area contributed by atoms with Crippen molar-refractivity contribution in [1.82, 2.24) is 0 Å². The van der Waals surface area contributed by atoms with Crippen LogP contribution in [0.5, 0.6) is 0 Å². The van der Waals surface area contributed by atoms with Crippen molar-refractivity contribution in [3.05, 3.63) is 12.2 Å². The van der Waals surface area contributed by atoms with Crippen LogP contribution in [0.4, 0.5) is 0 Å². The van der Waals surface area contributed by atoms with E-state index in [1.165, 1.54) is 51.4 Å². The van der Waals surface area contributed by atoms with Crippen LogP contribution < -0.4 is 0 Å². The summed E-state index contributed by atoms with van der Waals surface area (Å²) in [6.07, 6.45) is 11.6. The highest BCUT2D eigenvalue weighted by Gasteiger charge is 2.72. The SMILES string of the molecule is C=C(C)C(=O)OC1C(S)CC(C)(C)[C@@H]2CC[C@]3(C)[C@H](CC[C@@H]4[C@@H]5[C@@H](C)[C@H](C)CC[C@]5(C)CC[C@]43C)[C@@]12C. The van der Waals surface area contributed by atoms with Gasteiger partial charge in [0.1, 0.15) is 6.10 Å². The molecule has 210 valence electrons. The molecule has 5 aliphatic rings. The zero-order valence-corrected chi connectivity index (χ0v) is 26.3. The number of rotatable bonds is 2. The molecule has 2 unspecified atom stereocenters. The van der Waals surface area contributed by atoms with Gasteiger partial charge in [-0.15, -0.1) is 0 Å². The molecule has 0 aromatic rings. The number of fused-ring (bicyclic) bond motifs is 7. The Morgan fingerprint density at radius 1 is 0.865 bits per heavy atom. The van der Waals surface area contributed by atoms with Crippen LogP contribution in [0.25, 0.3) is 0 Å². The minimum Gasteiger partial charge on any atom is -0.457 e. The van der Waals surface area contributed by atoms with Gasteiger partial charge >= 0.3 is 5.97 Å². The van der Waals surface area contributed by atoms with Crippen LogP contribution in [0.15, 0.2) is 12.2 Å². The second-order valence-electron chi connectivity index (χ2n) is 16.4. The molecule has 0 amide bonds. The molecule has 12 atom stereocenters. The summed E-state index contributed by atoms with van der Waals surface area (Å²) >= 11 is 5.17. The first kappa shape index (κ1) is 28.1. The first-order chi connectivity index (χ1) is 17.0. The molecule has 0 radical (unpaired) electrons. The Kier molecular flexibility index (Phi) is 6.67. The Balaban J connectivity index is 1.58. The number of carbonyl (C=O) groups is 1. The van der Waals surface area contributed by atoms with Crippen molar-refractivity contribution in [2.45, 2.75) is 131 Å². The fourth-order valence-corrected chi connectivity index (χ4v) is 13.1. The number of hydrogen-bond acceptors (Lipinski definition) is 3. The van der Waals surface area contributed by atoms with Gasteiger partial charge in [-0.1, -0.05) is 62.0 Å². The van der Waals surface area contributed by atoms with Gasteiger partial charge in [0.15, 0.2) is 0 Å². The zero-order valence-electron chi connectivity index (χ0n) is 25.5. The molecular formula is C34H56O2S. The number of esters is 1. The highest BCUT2D eigenvalue weighted by Crippen LogP contribution is 2.77. The quantitative estimate of drug-likeness (QED) is 0.220. The van der Waals surface area contributed by atoms with Gasteiger partial charge < -0.3 is 4.74 Å². The summed E-state index contributed by atoms with van der Waals surface area (Å²) in [6, 6.07) is 0. The van der Waals surface area contributed by atoms with Crippen molar-refractivity contribution in [2.75, 3.05) is 0 Å². The first-order valence-electron chi connectivity index (χ1n) is 15.6. The minimum atomic E-state index is -0.227. The zero-order chi connectivity index (χ0) is 27.3. The number of carbonyl (C=O) groups excluding carboxylic acids is 1. The summed E-state index contributed by atoms with van der Waals surface area (Å²) in [6.45, 7) is 26.3. The minimum absolute atomic E-state index is 0.0630. The molecule has 37 heavy (non-hydrogen) atoms. The van der Waals surface area contributed by atoms with Crippen LogP contribution in [0, 0.1) is 62.6 Å². The molecule has 0 aliphatic heterocycles. The fourth-order valence-electron chi connectivity index (χ4n) is 12.2. The molecule has 0 bridgehead atoms. The second-order valence-corrected chi connectivity index (χ2v) is 17.1. The van der Waals surface area contributed by atoms with Gasteiger partial charge in [0.2, 0.25) is 0 Å². The normalized spacial score (nSPS) is 54.6. The van der Waals surface area contributed by atoms with Crippen molar-refractivity contribution < 1.29 is 9.53 Å². The van der Waals surface area contributed by atoms with Crippen LogP contribution >= 0.6 is 12.6 Å². The molecule has 0 heterocycles. The summed E-state index contributed by atoms with van der Waals surface area (Å²) in [5, 5.41) is 0.0706. The molecule has 0 saturated heterocycles. The summed E-state index contributed by atoms with van der Waals surface area (Å²) < 4.78 is 6.41. The van der Waals surface area contributed by atoms with Gasteiger partial charge in [-0.3, -0.25) is 0 Å². The Hall–Kier alpha value is -0.440. The van der Waals surface area contributed by atoms with Crippen molar-refractivity contribution in [3.63, 3.8) is 0 Å². The highest BCUT2D eigenvalue weighted by atomic mass is 32.1. The topological polar surface area (TPSA) is 26.3 Å². The van der Waals surface area contributed by atoms with Gasteiger partial charge in [-0.2, -0.15) is 12.6 Å². The average molecular weight is 529 g/mol. The predicted octanol–water partition coefficient (Wildman–Crippen LogP) is 9.14. The van der Waals surface area contributed by atoms with E-state index < -0.39 is 0 Å². The van der Waals surface area contributed by atoms with Crippen LogP contribution in [0.1, 0.15) is 120 Å². The van der Waals surface area contributed by atoms with E-state index in [0.29, 0.717) is 28.2 Å². The van der Waals surface area contributed by atoms with Crippen molar-refractivity contribution in [2.24, 2.45) is 62.6 Å². The van der Waals surface area contributed by atoms with Crippen LogP contribution in [0.3, 0.4) is 0 Å². The molecular weight excluding hydrogens is 472 g/mol. The first-order valence-corrected chi connectivity index (χ1v) is 16.1. The lowest BCUT2D eigenvalue weighted by molar-refractivity contribution is -0.268. The van der Waals surface area contributed by atoms with Crippen molar-refractivity contribution in [1.29, 1.82) is 0 Å². The Morgan fingerprint density at radius 2 is 1.54 bits per heavy atom. The van der Waals surface area contributed by atoms with Crippen molar-refractivity contribution >= 4 is 18.6 Å². The van der Waals surface area contributed by atoms with Gasteiger partial charge in [0.25, 0.3) is 0 Å². The van der Waals surface area contributed by atoms with Crippen molar-refractivity contribution in [3.8, 4) is 0 Å². The maximum atomic E-state index is 13.0. The van der Waals surface area contributed by atoms with E-state index in [2.05, 4.69) is 62.0 Å². The van der Waals surface area contributed by atoms with Crippen LogP contribution in [-0.4, -0.2) is 17.3 Å². The van der Waals surface area contributed by atoms with Gasteiger partial charge in [-0.05, 0) is 122 Å². The molecule has 5 fully saturated rings. The van der Waals surface area contributed by atoms with Gasteiger partial charge in [-0.25, -0.2) is 4.79 Å². The molecule has 5 saturated carbocycles. The van der Waals surface area contributed by atoms with Crippen LogP contribution in [0.2, 0.25) is 0 Å². The third kappa shape index (κ3) is 3.73. The van der Waals surface area contributed by atoms with E-state index in [-0.39, 0.29) is 33.6 Å². The fraction of sp³-hybridized carbons (Fsp3) is 0.912. The molecule has 0 aromatic heterocycles. The third-order valence-corrected chi connectivity index (χ3v) is 14.9. The van der Waals surface area contributed by atoms with E-state index in [0.717, 1.165) is 30.1 Å².